The number of nitrogens with zero attached hydrogens (tertiary/aromatic N) is 1. The molecule has 0 radical (unpaired) electrons. The maximum absolute atomic E-state index is 13.0. The zero-order valence-electron chi connectivity index (χ0n) is 13.3. The van der Waals surface area contributed by atoms with E-state index in [1.165, 1.54) is 12.1 Å². The SMILES string of the molecule is O=C(CCc1ccccc1Cl)N1CCOC(c2ccc(F)cc2)C1. The molecule has 1 saturated heterocycles. The van der Waals surface area contributed by atoms with Gasteiger partial charge in [0.25, 0.3) is 0 Å². The second-order valence-corrected chi connectivity index (χ2v) is 6.25. The number of ether oxygens (including phenoxy) is 1. The second-order valence-electron chi connectivity index (χ2n) is 5.84. The van der Waals surface area contributed by atoms with E-state index in [1.807, 2.05) is 29.2 Å². The van der Waals surface area contributed by atoms with Gasteiger partial charge >= 0.3 is 0 Å². The molecule has 0 N–H and O–H groups in total. The van der Waals surface area contributed by atoms with Crippen LogP contribution in [-0.4, -0.2) is 30.5 Å². The number of rotatable bonds is 4. The highest BCUT2D eigenvalue weighted by atomic mass is 35.5. The minimum Gasteiger partial charge on any atom is -0.370 e. The maximum atomic E-state index is 13.0. The van der Waals surface area contributed by atoms with Gasteiger partial charge in [0.2, 0.25) is 5.91 Å². The van der Waals surface area contributed by atoms with Crippen LogP contribution in [0.4, 0.5) is 4.39 Å². The quantitative estimate of drug-likeness (QED) is 0.836. The van der Waals surface area contributed by atoms with Crippen molar-refractivity contribution in [2.75, 3.05) is 19.7 Å². The van der Waals surface area contributed by atoms with Gasteiger partial charge < -0.3 is 9.64 Å². The highest BCUT2D eigenvalue weighted by molar-refractivity contribution is 6.31. The Morgan fingerprint density at radius 1 is 1.21 bits per heavy atom. The first kappa shape index (κ1) is 16.9. The minimum absolute atomic E-state index is 0.0883. The van der Waals surface area contributed by atoms with Gasteiger partial charge in [0.15, 0.2) is 0 Å². The number of carbonyl (C=O) groups excluding carboxylic acids is 1. The van der Waals surface area contributed by atoms with Crippen molar-refractivity contribution in [3.8, 4) is 0 Å². The number of hydrogen-bond acceptors (Lipinski definition) is 2. The first-order valence-electron chi connectivity index (χ1n) is 8.02. The van der Waals surface area contributed by atoms with Crippen molar-refractivity contribution in [3.05, 3.63) is 70.5 Å². The standard InChI is InChI=1S/C19H19ClFNO2/c20-17-4-2-1-3-14(17)7-10-19(23)22-11-12-24-18(13-22)15-5-8-16(21)9-6-15/h1-6,8-9,18H,7,10-13H2. The Morgan fingerprint density at radius 3 is 2.71 bits per heavy atom. The average molecular weight is 348 g/mol. The van der Waals surface area contributed by atoms with Crippen molar-refractivity contribution >= 4 is 17.5 Å². The molecule has 0 aromatic heterocycles. The molecule has 1 fully saturated rings. The molecular formula is C19H19ClFNO2. The number of benzene rings is 2. The molecule has 2 aromatic rings. The predicted octanol–water partition coefficient (Wildman–Crippen LogP) is 4.01. The van der Waals surface area contributed by atoms with Gasteiger partial charge in [-0.1, -0.05) is 41.9 Å². The van der Waals surface area contributed by atoms with Crippen LogP contribution in [0.3, 0.4) is 0 Å². The maximum Gasteiger partial charge on any atom is 0.223 e. The fraction of sp³-hybridized carbons (Fsp3) is 0.316. The Balaban J connectivity index is 1.59. The third-order valence-corrected chi connectivity index (χ3v) is 4.60. The summed E-state index contributed by atoms with van der Waals surface area (Å²) in [6.07, 6.45) is 0.834. The van der Waals surface area contributed by atoms with Gasteiger partial charge in [0, 0.05) is 18.0 Å². The van der Waals surface area contributed by atoms with Crippen LogP contribution >= 0.6 is 11.6 Å². The van der Waals surface area contributed by atoms with Crippen molar-refractivity contribution in [3.63, 3.8) is 0 Å². The van der Waals surface area contributed by atoms with E-state index in [0.29, 0.717) is 37.6 Å². The van der Waals surface area contributed by atoms with Crippen LogP contribution in [0.25, 0.3) is 0 Å². The van der Waals surface area contributed by atoms with Crippen molar-refractivity contribution in [1.29, 1.82) is 0 Å². The third kappa shape index (κ3) is 4.13. The molecule has 0 saturated carbocycles. The van der Waals surface area contributed by atoms with Crippen LogP contribution in [0.2, 0.25) is 5.02 Å². The van der Waals surface area contributed by atoms with E-state index in [9.17, 15) is 9.18 Å². The Kier molecular flexibility index (Phi) is 5.48. The van der Waals surface area contributed by atoms with E-state index in [2.05, 4.69) is 0 Å². The monoisotopic (exact) mass is 347 g/mol. The van der Waals surface area contributed by atoms with E-state index < -0.39 is 0 Å². The molecule has 24 heavy (non-hydrogen) atoms. The molecule has 3 rings (SSSR count). The summed E-state index contributed by atoms with van der Waals surface area (Å²) in [6, 6.07) is 13.8. The lowest BCUT2D eigenvalue weighted by Crippen LogP contribution is -2.42. The van der Waals surface area contributed by atoms with E-state index in [0.717, 1.165) is 11.1 Å². The van der Waals surface area contributed by atoms with Gasteiger partial charge in [0.1, 0.15) is 11.9 Å². The molecule has 0 aliphatic carbocycles. The van der Waals surface area contributed by atoms with Crippen molar-refractivity contribution in [2.24, 2.45) is 0 Å². The molecule has 5 heteroatoms. The lowest BCUT2D eigenvalue weighted by atomic mass is 10.1. The zero-order chi connectivity index (χ0) is 16.9. The minimum atomic E-state index is -0.276. The lowest BCUT2D eigenvalue weighted by molar-refractivity contribution is -0.139. The van der Waals surface area contributed by atoms with Crippen LogP contribution in [-0.2, 0) is 16.0 Å². The van der Waals surface area contributed by atoms with Crippen molar-refractivity contribution in [1.82, 2.24) is 4.90 Å². The zero-order valence-corrected chi connectivity index (χ0v) is 14.0. The summed E-state index contributed by atoms with van der Waals surface area (Å²) in [4.78, 5) is 14.3. The molecule has 1 aliphatic heterocycles. The summed E-state index contributed by atoms with van der Waals surface area (Å²) in [7, 11) is 0. The number of hydrogen-bond donors (Lipinski definition) is 0. The lowest BCUT2D eigenvalue weighted by Gasteiger charge is -2.33. The van der Waals surface area contributed by atoms with E-state index in [4.69, 9.17) is 16.3 Å². The highest BCUT2D eigenvalue weighted by Crippen LogP contribution is 2.23. The molecule has 0 spiro atoms. The Labute approximate surface area is 146 Å². The topological polar surface area (TPSA) is 29.5 Å². The predicted molar refractivity (Wildman–Crippen MR) is 91.4 cm³/mol. The van der Waals surface area contributed by atoms with E-state index >= 15 is 0 Å². The first-order valence-corrected chi connectivity index (χ1v) is 8.39. The number of amides is 1. The van der Waals surface area contributed by atoms with Crippen LogP contribution in [0, 0.1) is 5.82 Å². The molecule has 0 bridgehead atoms. The fourth-order valence-corrected chi connectivity index (χ4v) is 3.09. The molecule has 1 unspecified atom stereocenters. The smallest absolute Gasteiger partial charge is 0.223 e. The summed E-state index contributed by atoms with van der Waals surface area (Å²) < 4.78 is 18.8. The van der Waals surface area contributed by atoms with Crippen LogP contribution in [0.1, 0.15) is 23.7 Å². The molecule has 3 nitrogen and oxygen atoms in total. The molecular weight excluding hydrogens is 329 g/mol. The van der Waals surface area contributed by atoms with Gasteiger partial charge in [-0.3, -0.25) is 4.79 Å². The van der Waals surface area contributed by atoms with Gasteiger partial charge in [-0.25, -0.2) is 4.39 Å². The first-order chi connectivity index (χ1) is 11.6. The number of halogens is 2. The number of morpholine rings is 1. The molecule has 1 atom stereocenters. The Bertz CT molecular complexity index is 705. The van der Waals surface area contributed by atoms with E-state index in [1.54, 1.807) is 12.1 Å². The second kappa shape index (κ2) is 7.77. The van der Waals surface area contributed by atoms with Gasteiger partial charge in [-0.2, -0.15) is 0 Å². The van der Waals surface area contributed by atoms with Crippen LogP contribution < -0.4 is 0 Å². The van der Waals surface area contributed by atoms with Gasteiger partial charge in [-0.05, 0) is 35.7 Å². The summed E-state index contributed by atoms with van der Waals surface area (Å²) in [5.74, 6) is -0.187. The van der Waals surface area contributed by atoms with Crippen molar-refractivity contribution in [2.45, 2.75) is 18.9 Å². The molecule has 1 amide bonds. The van der Waals surface area contributed by atoms with Gasteiger partial charge in [-0.15, -0.1) is 0 Å². The fourth-order valence-electron chi connectivity index (χ4n) is 2.86. The normalized spacial score (nSPS) is 17.8. The molecule has 1 heterocycles. The summed E-state index contributed by atoms with van der Waals surface area (Å²) in [6.45, 7) is 1.56. The summed E-state index contributed by atoms with van der Waals surface area (Å²) >= 11 is 6.13. The molecule has 1 aliphatic rings. The average Bonchev–Trinajstić information content (AvgIpc) is 2.61. The third-order valence-electron chi connectivity index (χ3n) is 4.23. The summed E-state index contributed by atoms with van der Waals surface area (Å²) in [5, 5.41) is 0.691. The van der Waals surface area contributed by atoms with Crippen LogP contribution in [0.5, 0.6) is 0 Å². The van der Waals surface area contributed by atoms with E-state index in [-0.39, 0.29) is 17.8 Å². The van der Waals surface area contributed by atoms with Crippen LogP contribution in [0.15, 0.2) is 48.5 Å². The Hall–Kier alpha value is -1.91. The number of carbonyl (C=O) groups is 1. The number of aryl methyl sites for hydroxylation is 1. The highest BCUT2D eigenvalue weighted by Gasteiger charge is 2.25. The molecule has 2 aromatic carbocycles. The summed E-state index contributed by atoms with van der Waals surface area (Å²) in [5.41, 5.74) is 1.87. The largest absolute Gasteiger partial charge is 0.370 e. The molecule has 126 valence electrons. The van der Waals surface area contributed by atoms with Gasteiger partial charge in [0.05, 0.1) is 13.2 Å². The van der Waals surface area contributed by atoms with Crippen molar-refractivity contribution < 1.29 is 13.9 Å². The Morgan fingerprint density at radius 2 is 1.96 bits per heavy atom.